The Bertz CT molecular complexity index is 653. The van der Waals surface area contributed by atoms with Crippen molar-refractivity contribution in [2.24, 2.45) is 4.99 Å². The Morgan fingerprint density at radius 2 is 1.60 bits per heavy atom. The minimum atomic E-state index is 0. The van der Waals surface area contributed by atoms with E-state index < -0.39 is 0 Å². The maximum absolute atomic E-state index is 5.37. The van der Waals surface area contributed by atoms with E-state index in [1.807, 2.05) is 12.1 Å². The molecule has 0 aliphatic rings. The predicted octanol–water partition coefficient (Wildman–Crippen LogP) is 3.26. The third kappa shape index (κ3) is 5.96. The zero-order valence-electron chi connectivity index (χ0n) is 14.8. The van der Waals surface area contributed by atoms with Crippen molar-refractivity contribution in [1.29, 1.82) is 0 Å². The number of hydrogen-bond acceptors (Lipinski definition) is 5. The number of nitrogens with one attached hydrogen (secondary N) is 2. The Hall–Kier alpha value is -1.68. The van der Waals surface area contributed by atoms with Crippen molar-refractivity contribution in [2.75, 3.05) is 28.4 Å². The summed E-state index contributed by atoms with van der Waals surface area (Å²) >= 11 is 1.68. The van der Waals surface area contributed by atoms with E-state index in [1.54, 1.807) is 39.7 Å². The van der Waals surface area contributed by atoms with Crippen LogP contribution in [0.15, 0.2) is 34.0 Å². The third-order valence-electron chi connectivity index (χ3n) is 3.45. The number of rotatable bonds is 7. The number of methoxy groups -OCH3 is 3. The third-order valence-corrected chi connectivity index (χ3v) is 4.18. The maximum Gasteiger partial charge on any atom is 0.203 e. The summed E-state index contributed by atoms with van der Waals surface area (Å²) in [6.07, 6.45) is 0. The van der Waals surface area contributed by atoms with Gasteiger partial charge in [-0.2, -0.15) is 11.3 Å². The molecule has 1 heterocycles. The average molecular weight is 477 g/mol. The van der Waals surface area contributed by atoms with Gasteiger partial charge in [0.1, 0.15) is 0 Å². The number of halogens is 1. The van der Waals surface area contributed by atoms with Crippen molar-refractivity contribution in [2.45, 2.75) is 13.1 Å². The van der Waals surface area contributed by atoms with Gasteiger partial charge in [-0.25, -0.2) is 0 Å². The maximum atomic E-state index is 5.37. The molecule has 8 heteroatoms. The van der Waals surface area contributed by atoms with Crippen molar-refractivity contribution < 1.29 is 14.2 Å². The van der Waals surface area contributed by atoms with E-state index in [0.29, 0.717) is 23.8 Å². The number of nitrogens with zero attached hydrogens (tertiary/aromatic N) is 1. The molecule has 0 radical (unpaired) electrons. The molecule has 0 unspecified atom stereocenters. The molecule has 0 amide bonds. The summed E-state index contributed by atoms with van der Waals surface area (Å²) in [5.41, 5.74) is 2.23. The lowest BCUT2D eigenvalue weighted by Crippen LogP contribution is -2.36. The Morgan fingerprint density at radius 3 is 2.04 bits per heavy atom. The van der Waals surface area contributed by atoms with E-state index in [4.69, 9.17) is 14.2 Å². The molecular formula is C17H24IN3O3S. The summed E-state index contributed by atoms with van der Waals surface area (Å²) in [6, 6.07) is 5.92. The number of aliphatic imine (C=N–C) groups is 1. The zero-order valence-corrected chi connectivity index (χ0v) is 17.9. The summed E-state index contributed by atoms with van der Waals surface area (Å²) in [6.45, 7) is 1.32. The molecule has 0 aliphatic carbocycles. The minimum absolute atomic E-state index is 0. The van der Waals surface area contributed by atoms with Crippen LogP contribution in [0.1, 0.15) is 11.1 Å². The summed E-state index contributed by atoms with van der Waals surface area (Å²) in [7, 11) is 6.55. The van der Waals surface area contributed by atoms with Crippen molar-refractivity contribution in [1.82, 2.24) is 10.6 Å². The summed E-state index contributed by atoms with van der Waals surface area (Å²) < 4.78 is 16.1. The molecule has 0 saturated heterocycles. The van der Waals surface area contributed by atoms with Gasteiger partial charge in [-0.1, -0.05) is 0 Å². The molecule has 0 spiro atoms. The van der Waals surface area contributed by atoms with E-state index in [-0.39, 0.29) is 24.0 Å². The molecule has 2 rings (SSSR count). The molecule has 6 nitrogen and oxygen atoms in total. The Morgan fingerprint density at radius 1 is 1.00 bits per heavy atom. The zero-order chi connectivity index (χ0) is 17.4. The Labute approximate surface area is 169 Å². The lowest BCUT2D eigenvalue weighted by Gasteiger charge is -2.15. The predicted molar refractivity (Wildman–Crippen MR) is 113 cm³/mol. The van der Waals surface area contributed by atoms with Crippen molar-refractivity contribution in [3.63, 3.8) is 0 Å². The van der Waals surface area contributed by atoms with E-state index in [2.05, 4.69) is 32.5 Å². The first-order valence-corrected chi connectivity index (χ1v) is 8.40. The molecule has 0 atom stereocenters. The van der Waals surface area contributed by atoms with Crippen LogP contribution in [0.4, 0.5) is 0 Å². The standard InChI is InChI=1S/C17H23N3O3S.HI/c1-18-17(19-9-12-5-6-24-11-12)20-10-13-7-14(21-2)16(23-4)15(8-13)22-3;/h5-8,11H,9-10H2,1-4H3,(H2,18,19,20);1H. The van der Waals surface area contributed by atoms with Gasteiger partial charge in [0, 0.05) is 20.1 Å². The fraction of sp³-hybridized carbons (Fsp3) is 0.353. The fourth-order valence-corrected chi connectivity index (χ4v) is 2.89. The second-order valence-electron chi connectivity index (χ2n) is 4.94. The van der Waals surface area contributed by atoms with E-state index in [1.165, 1.54) is 5.56 Å². The number of guanidine groups is 1. The summed E-state index contributed by atoms with van der Waals surface area (Å²) in [5, 5.41) is 10.7. The average Bonchev–Trinajstić information content (AvgIpc) is 3.14. The van der Waals surface area contributed by atoms with Crippen LogP contribution in [-0.4, -0.2) is 34.3 Å². The van der Waals surface area contributed by atoms with Crippen molar-refractivity contribution >= 4 is 41.3 Å². The minimum Gasteiger partial charge on any atom is -0.493 e. The molecule has 2 N–H and O–H groups in total. The van der Waals surface area contributed by atoms with Gasteiger partial charge in [-0.3, -0.25) is 4.99 Å². The van der Waals surface area contributed by atoms with Gasteiger partial charge in [-0.15, -0.1) is 24.0 Å². The highest BCUT2D eigenvalue weighted by Gasteiger charge is 2.13. The molecule has 138 valence electrons. The van der Waals surface area contributed by atoms with E-state index in [0.717, 1.165) is 18.1 Å². The van der Waals surface area contributed by atoms with Gasteiger partial charge in [0.25, 0.3) is 0 Å². The van der Waals surface area contributed by atoms with Crippen LogP contribution in [0.2, 0.25) is 0 Å². The Kier molecular flexibility index (Phi) is 9.43. The number of hydrogen-bond donors (Lipinski definition) is 2. The van der Waals surface area contributed by atoms with Crippen LogP contribution in [0.3, 0.4) is 0 Å². The highest BCUT2D eigenvalue weighted by molar-refractivity contribution is 14.0. The first-order chi connectivity index (χ1) is 11.7. The number of benzene rings is 1. The topological polar surface area (TPSA) is 64.1 Å². The molecular weight excluding hydrogens is 453 g/mol. The van der Waals surface area contributed by atoms with Crippen molar-refractivity contribution in [3.05, 3.63) is 40.1 Å². The SMILES string of the molecule is CN=C(NCc1ccsc1)NCc1cc(OC)c(OC)c(OC)c1.I. The number of thiophene rings is 1. The highest BCUT2D eigenvalue weighted by atomic mass is 127. The smallest absolute Gasteiger partial charge is 0.203 e. The van der Waals surface area contributed by atoms with Gasteiger partial charge in [0.15, 0.2) is 17.5 Å². The molecule has 25 heavy (non-hydrogen) atoms. The number of ether oxygens (including phenoxy) is 3. The molecule has 1 aromatic heterocycles. The van der Waals surface area contributed by atoms with Crippen molar-refractivity contribution in [3.8, 4) is 17.2 Å². The van der Waals surface area contributed by atoms with Crippen LogP contribution < -0.4 is 24.8 Å². The van der Waals surface area contributed by atoms with Gasteiger partial charge < -0.3 is 24.8 Å². The lowest BCUT2D eigenvalue weighted by atomic mass is 10.2. The second-order valence-corrected chi connectivity index (χ2v) is 5.72. The molecule has 1 aromatic carbocycles. The van der Waals surface area contributed by atoms with Gasteiger partial charge >= 0.3 is 0 Å². The lowest BCUT2D eigenvalue weighted by molar-refractivity contribution is 0.323. The first-order valence-electron chi connectivity index (χ1n) is 7.46. The molecule has 2 aromatic rings. The molecule has 0 bridgehead atoms. The van der Waals surface area contributed by atoms with E-state index in [9.17, 15) is 0 Å². The van der Waals surface area contributed by atoms with Gasteiger partial charge in [0.2, 0.25) is 5.75 Å². The Balaban J connectivity index is 0.00000312. The monoisotopic (exact) mass is 477 g/mol. The van der Waals surface area contributed by atoms with Crippen LogP contribution in [0.5, 0.6) is 17.2 Å². The van der Waals surface area contributed by atoms with E-state index >= 15 is 0 Å². The largest absolute Gasteiger partial charge is 0.493 e. The normalized spacial score (nSPS) is 10.6. The van der Waals surface area contributed by atoms with Crippen LogP contribution >= 0.6 is 35.3 Å². The molecule has 0 fully saturated rings. The first kappa shape index (κ1) is 21.4. The van der Waals surface area contributed by atoms with Crippen LogP contribution in [-0.2, 0) is 13.1 Å². The van der Waals surface area contributed by atoms with Crippen LogP contribution in [0.25, 0.3) is 0 Å². The quantitative estimate of drug-likeness (QED) is 0.364. The summed E-state index contributed by atoms with van der Waals surface area (Å²) in [5.74, 6) is 2.59. The van der Waals surface area contributed by atoms with Crippen LogP contribution in [0, 0.1) is 0 Å². The van der Waals surface area contributed by atoms with Gasteiger partial charge in [0.05, 0.1) is 21.3 Å². The highest BCUT2D eigenvalue weighted by Crippen LogP contribution is 2.38. The van der Waals surface area contributed by atoms with Gasteiger partial charge in [-0.05, 0) is 40.1 Å². The second kappa shape index (κ2) is 11.0. The molecule has 0 saturated carbocycles. The summed E-state index contributed by atoms with van der Waals surface area (Å²) in [4.78, 5) is 4.23. The molecule has 0 aliphatic heterocycles. The fourth-order valence-electron chi connectivity index (χ4n) is 2.22.